The Morgan fingerprint density at radius 3 is 2.38 bits per heavy atom. The monoisotopic (exact) mass is 417 g/mol. The number of anilines is 1. The third-order valence-electron chi connectivity index (χ3n) is 5.26. The number of aromatic amines is 1. The van der Waals surface area contributed by atoms with Gasteiger partial charge in [-0.05, 0) is 31.5 Å². The van der Waals surface area contributed by atoms with Crippen molar-refractivity contribution in [2.45, 2.75) is 24.7 Å². The summed E-state index contributed by atoms with van der Waals surface area (Å²) in [5, 5.41) is 0. The van der Waals surface area contributed by atoms with E-state index in [0.717, 1.165) is 24.5 Å². The average Bonchev–Trinajstić information content (AvgIpc) is 2.74. The molecule has 8 heteroatoms. The number of aromatic nitrogens is 1. The van der Waals surface area contributed by atoms with Crippen LogP contribution in [0, 0.1) is 6.92 Å². The summed E-state index contributed by atoms with van der Waals surface area (Å²) < 4.78 is 26.6. The SMILES string of the molecule is Cc1ccc(S(=O)(=O)N(C)CCCC(=O)N2CCN(c3cccc[nH+]3)CC2)cc1. The van der Waals surface area contributed by atoms with Crippen LogP contribution in [-0.2, 0) is 14.8 Å². The molecule has 7 nitrogen and oxygen atoms in total. The normalized spacial score (nSPS) is 15.0. The smallest absolute Gasteiger partial charge is 0.274 e. The first-order valence-electron chi connectivity index (χ1n) is 9.90. The minimum atomic E-state index is -3.52. The number of hydrogen-bond donors (Lipinski definition) is 0. The average molecular weight is 418 g/mol. The number of carbonyl (C=O) groups excluding carboxylic acids is 1. The number of pyridine rings is 1. The zero-order valence-corrected chi connectivity index (χ0v) is 17.9. The largest absolute Gasteiger partial charge is 0.335 e. The number of aryl methyl sites for hydroxylation is 1. The number of sulfonamides is 1. The van der Waals surface area contributed by atoms with Crippen LogP contribution < -0.4 is 9.88 Å². The fourth-order valence-corrected chi connectivity index (χ4v) is 4.61. The molecule has 1 aliphatic heterocycles. The molecule has 1 aliphatic rings. The lowest BCUT2D eigenvalue weighted by Gasteiger charge is -2.31. The predicted molar refractivity (Wildman–Crippen MR) is 112 cm³/mol. The number of rotatable bonds is 7. The maximum absolute atomic E-state index is 12.6. The lowest BCUT2D eigenvalue weighted by molar-refractivity contribution is -0.364. The molecule has 29 heavy (non-hydrogen) atoms. The number of carbonyl (C=O) groups is 1. The highest BCUT2D eigenvalue weighted by atomic mass is 32.2. The minimum Gasteiger partial charge on any atom is -0.335 e. The molecule has 1 saturated heterocycles. The van der Waals surface area contributed by atoms with E-state index in [2.05, 4.69) is 9.88 Å². The van der Waals surface area contributed by atoms with Gasteiger partial charge in [0.15, 0.2) is 0 Å². The van der Waals surface area contributed by atoms with E-state index in [0.29, 0.717) is 32.5 Å². The molecule has 0 radical (unpaired) electrons. The summed E-state index contributed by atoms with van der Waals surface area (Å²) in [4.78, 5) is 20.1. The van der Waals surface area contributed by atoms with Gasteiger partial charge in [-0.15, -0.1) is 0 Å². The Bertz CT molecular complexity index is 909. The number of H-pyrrole nitrogens is 1. The van der Waals surface area contributed by atoms with Crippen LogP contribution in [-0.4, -0.2) is 63.3 Å². The second-order valence-electron chi connectivity index (χ2n) is 7.36. The highest BCUT2D eigenvalue weighted by Gasteiger charge is 2.26. The molecule has 1 N–H and O–H groups in total. The van der Waals surface area contributed by atoms with E-state index >= 15 is 0 Å². The first kappa shape index (κ1) is 21.3. The molecule has 0 atom stereocenters. The van der Waals surface area contributed by atoms with Gasteiger partial charge >= 0.3 is 0 Å². The summed E-state index contributed by atoms with van der Waals surface area (Å²) >= 11 is 0. The first-order valence-corrected chi connectivity index (χ1v) is 11.3. The van der Waals surface area contributed by atoms with Crippen LogP contribution in [0.4, 0.5) is 5.82 Å². The van der Waals surface area contributed by atoms with Gasteiger partial charge in [0.2, 0.25) is 15.9 Å². The number of benzene rings is 1. The topological polar surface area (TPSA) is 75.1 Å². The van der Waals surface area contributed by atoms with Gasteiger partial charge in [0.1, 0.15) is 13.1 Å². The fourth-order valence-electron chi connectivity index (χ4n) is 3.40. The maximum atomic E-state index is 12.6. The molecule has 156 valence electrons. The summed E-state index contributed by atoms with van der Waals surface area (Å²) in [6.07, 6.45) is 2.76. The lowest BCUT2D eigenvalue weighted by Crippen LogP contribution is -2.50. The van der Waals surface area contributed by atoms with Gasteiger partial charge in [-0.2, -0.15) is 0 Å². The van der Waals surface area contributed by atoms with Crippen LogP contribution in [0.15, 0.2) is 53.6 Å². The highest BCUT2D eigenvalue weighted by Crippen LogP contribution is 2.16. The molecule has 1 aromatic heterocycles. The Kier molecular flexibility index (Phi) is 6.87. The van der Waals surface area contributed by atoms with E-state index in [1.807, 2.05) is 36.2 Å². The Morgan fingerprint density at radius 1 is 1.07 bits per heavy atom. The van der Waals surface area contributed by atoms with Gasteiger partial charge in [-0.25, -0.2) is 17.7 Å². The van der Waals surface area contributed by atoms with Crippen LogP contribution in [0.25, 0.3) is 0 Å². The van der Waals surface area contributed by atoms with Crippen LogP contribution in [0.5, 0.6) is 0 Å². The number of piperazine rings is 1. The van der Waals surface area contributed by atoms with E-state index in [9.17, 15) is 13.2 Å². The van der Waals surface area contributed by atoms with Gasteiger partial charge in [0.05, 0.1) is 24.2 Å². The molecule has 0 aliphatic carbocycles. The maximum Gasteiger partial charge on any atom is 0.274 e. The summed E-state index contributed by atoms with van der Waals surface area (Å²) in [6.45, 7) is 5.17. The van der Waals surface area contributed by atoms with Crippen molar-refractivity contribution >= 4 is 21.7 Å². The quantitative estimate of drug-likeness (QED) is 0.685. The van der Waals surface area contributed by atoms with Crippen LogP contribution >= 0.6 is 0 Å². The first-order chi connectivity index (χ1) is 13.9. The van der Waals surface area contributed by atoms with Gasteiger partial charge in [-0.1, -0.05) is 23.8 Å². The van der Waals surface area contributed by atoms with Crippen molar-refractivity contribution in [3.8, 4) is 0 Å². The molecule has 0 spiro atoms. The molecule has 3 rings (SSSR count). The minimum absolute atomic E-state index is 0.0859. The summed E-state index contributed by atoms with van der Waals surface area (Å²) in [7, 11) is -1.95. The molecule has 0 bridgehead atoms. The van der Waals surface area contributed by atoms with Gasteiger partial charge < -0.3 is 4.90 Å². The zero-order valence-electron chi connectivity index (χ0n) is 17.0. The third kappa shape index (κ3) is 5.33. The molecule has 1 aromatic carbocycles. The van der Waals surface area contributed by atoms with Crippen LogP contribution in [0.2, 0.25) is 0 Å². The molecule has 0 saturated carbocycles. The second kappa shape index (κ2) is 9.37. The van der Waals surface area contributed by atoms with Gasteiger partial charge in [0, 0.05) is 26.1 Å². The van der Waals surface area contributed by atoms with Crippen LogP contribution in [0.1, 0.15) is 18.4 Å². The van der Waals surface area contributed by atoms with Crippen molar-refractivity contribution in [3.63, 3.8) is 0 Å². The van der Waals surface area contributed by atoms with Crippen LogP contribution in [0.3, 0.4) is 0 Å². The number of nitrogens with one attached hydrogen (secondary N) is 1. The summed E-state index contributed by atoms with van der Waals surface area (Å²) in [5.41, 5.74) is 1.02. The number of amides is 1. The number of nitrogens with zero attached hydrogens (tertiary/aromatic N) is 3. The molecule has 1 fully saturated rings. The van der Waals surface area contributed by atoms with E-state index in [1.54, 1.807) is 31.3 Å². The Balaban J connectivity index is 1.44. The lowest BCUT2D eigenvalue weighted by atomic mass is 10.2. The van der Waals surface area contributed by atoms with E-state index in [-0.39, 0.29) is 10.8 Å². The number of hydrogen-bond acceptors (Lipinski definition) is 4. The molecule has 1 amide bonds. The van der Waals surface area contributed by atoms with Crippen molar-refractivity contribution in [1.29, 1.82) is 0 Å². The van der Waals surface area contributed by atoms with E-state index < -0.39 is 10.0 Å². The van der Waals surface area contributed by atoms with Crippen molar-refractivity contribution in [2.75, 3.05) is 44.7 Å². The molecular formula is C21H29N4O3S+. The molecular weight excluding hydrogens is 388 g/mol. The van der Waals surface area contributed by atoms with Crippen molar-refractivity contribution in [2.24, 2.45) is 0 Å². The Hall–Kier alpha value is -2.45. The molecule has 0 unspecified atom stereocenters. The van der Waals surface area contributed by atoms with Crippen molar-refractivity contribution in [3.05, 3.63) is 54.2 Å². The summed E-state index contributed by atoms with van der Waals surface area (Å²) in [5.74, 6) is 1.14. The Labute approximate surface area is 173 Å². The zero-order chi connectivity index (χ0) is 20.9. The Morgan fingerprint density at radius 2 is 1.76 bits per heavy atom. The summed E-state index contributed by atoms with van der Waals surface area (Å²) in [6, 6.07) is 12.8. The highest BCUT2D eigenvalue weighted by molar-refractivity contribution is 7.89. The van der Waals surface area contributed by atoms with E-state index in [4.69, 9.17) is 0 Å². The van der Waals surface area contributed by atoms with Gasteiger partial charge in [0.25, 0.3) is 5.82 Å². The predicted octanol–water partition coefficient (Wildman–Crippen LogP) is 1.56. The molecule has 2 aromatic rings. The van der Waals surface area contributed by atoms with Crippen molar-refractivity contribution in [1.82, 2.24) is 9.21 Å². The van der Waals surface area contributed by atoms with E-state index in [1.165, 1.54) is 4.31 Å². The standard InChI is InChI=1S/C21H28N4O3S/c1-18-8-10-19(11-9-18)29(27,28)23(2)13-5-7-21(26)25-16-14-24(15-17-25)20-6-3-4-12-22-20/h3-4,6,8-12H,5,7,13-17H2,1-2H3/p+1. The van der Waals surface area contributed by atoms with Gasteiger partial charge in [-0.3, -0.25) is 9.69 Å². The van der Waals surface area contributed by atoms with Crippen molar-refractivity contribution < 1.29 is 18.2 Å². The second-order valence-corrected chi connectivity index (χ2v) is 9.40. The fraction of sp³-hybridized carbons (Fsp3) is 0.429. The third-order valence-corrected chi connectivity index (χ3v) is 7.13. The molecule has 2 heterocycles.